The van der Waals surface area contributed by atoms with Crippen LogP contribution in [0, 0.1) is 23.7 Å². The molecule has 4 aliphatic heterocycles. The molecule has 0 aromatic heterocycles. The summed E-state index contributed by atoms with van der Waals surface area (Å²) in [6, 6.07) is 8.83. The van der Waals surface area contributed by atoms with Gasteiger partial charge in [0.1, 0.15) is 18.2 Å². The van der Waals surface area contributed by atoms with Crippen LogP contribution in [-0.4, -0.2) is 131 Å². The Morgan fingerprint density at radius 1 is 0.889 bits per heavy atom. The number of methoxy groups -OCH3 is 3. The van der Waals surface area contributed by atoms with Crippen LogP contribution in [0.1, 0.15) is 104 Å². The van der Waals surface area contributed by atoms with Crippen molar-refractivity contribution < 1.29 is 53.4 Å². The molecule has 13 heteroatoms. The Balaban J connectivity index is 1.42. The normalized spacial score (nSPS) is 37.9. The number of nitrogens with zero attached hydrogens (tertiary/aromatic N) is 2. The largest absolute Gasteiger partial charge is 0.456 e. The number of aliphatic hydroxyl groups excluding tert-OH is 2. The number of Topliss-reactive ketones (excluding diaryl/α,β-unsaturated/α-hetero) is 1. The van der Waals surface area contributed by atoms with Gasteiger partial charge in [-0.1, -0.05) is 57.2 Å². The van der Waals surface area contributed by atoms with Gasteiger partial charge in [-0.05, 0) is 113 Å². The summed E-state index contributed by atoms with van der Waals surface area (Å²) in [6.07, 6.45) is 6.43. The van der Waals surface area contributed by atoms with E-state index in [4.69, 9.17) is 23.7 Å². The minimum atomic E-state index is -2.49. The SMILES string of the molecule is COC1CC(C=C(C)C2OC(=O)C3CCCCN3C(=O)C(=O)C3(O)OC(C(OC)CC(C)CC(C)=C=C4C=CN(Cc5ccccc5)C4CC(O)C2C)C(OC)CC3C)CCC1O. The van der Waals surface area contributed by atoms with Crippen molar-refractivity contribution in [2.75, 3.05) is 27.9 Å². The molecule has 348 valence electrons. The lowest BCUT2D eigenvalue weighted by molar-refractivity contribution is -0.302. The highest BCUT2D eigenvalue weighted by molar-refractivity contribution is 6.39. The van der Waals surface area contributed by atoms with E-state index in [0.717, 1.165) is 22.3 Å². The van der Waals surface area contributed by atoms with Crippen LogP contribution < -0.4 is 0 Å². The number of cyclic esters (lactones) is 1. The Hall–Kier alpha value is -3.65. The Kier molecular flexibility index (Phi) is 16.7. The van der Waals surface area contributed by atoms with E-state index in [1.807, 2.05) is 39.0 Å². The number of amides is 1. The van der Waals surface area contributed by atoms with E-state index in [1.165, 1.54) is 4.90 Å². The van der Waals surface area contributed by atoms with Crippen molar-refractivity contribution in [1.82, 2.24) is 9.80 Å². The number of aliphatic hydroxyl groups is 3. The predicted octanol–water partition coefficient (Wildman–Crippen LogP) is 5.80. The topological polar surface area (TPSA) is 165 Å². The van der Waals surface area contributed by atoms with Crippen LogP contribution in [0.25, 0.3) is 0 Å². The molecule has 63 heavy (non-hydrogen) atoms. The molecule has 2 bridgehead atoms. The van der Waals surface area contributed by atoms with Crippen molar-refractivity contribution in [2.24, 2.45) is 23.7 Å². The monoisotopic (exact) mass is 877 g/mol. The highest BCUT2D eigenvalue weighted by Gasteiger charge is 2.56. The first kappa shape index (κ1) is 48.8. The number of piperidine rings is 1. The van der Waals surface area contributed by atoms with E-state index in [1.54, 1.807) is 28.3 Å². The summed E-state index contributed by atoms with van der Waals surface area (Å²) in [4.78, 5) is 46.8. The molecule has 0 spiro atoms. The van der Waals surface area contributed by atoms with Gasteiger partial charge in [-0.15, -0.1) is 5.73 Å². The number of hydrogen-bond acceptors (Lipinski definition) is 12. The molecule has 2 saturated heterocycles. The van der Waals surface area contributed by atoms with E-state index < -0.39 is 77.9 Å². The van der Waals surface area contributed by atoms with Crippen molar-refractivity contribution in [3.05, 3.63) is 76.7 Å². The molecule has 1 saturated carbocycles. The average molecular weight is 877 g/mol. The second-order valence-electron chi connectivity index (χ2n) is 19.0. The van der Waals surface area contributed by atoms with Gasteiger partial charge >= 0.3 is 5.97 Å². The molecule has 3 N–H and O–H groups in total. The predicted molar refractivity (Wildman–Crippen MR) is 237 cm³/mol. The summed E-state index contributed by atoms with van der Waals surface area (Å²) in [5.74, 6) is -6.66. The Morgan fingerprint density at radius 2 is 1.59 bits per heavy atom. The van der Waals surface area contributed by atoms with Gasteiger partial charge in [0, 0.05) is 58.0 Å². The number of allylic oxidation sites excluding steroid dienone is 1. The van der Waals surface area contributed by atoms with Crippen LogP contribution in [0.4, 0.5) is 0 Å². The zero-order valence-electron chi connectivity index (χ0n) is 38.6. The molecule has 13 nitrogen and oxygen atoms in total. The van der Waals surface area contributed by atoms with Gasteiger partial charge in [0.25, 0.3) is 11.7 Å². The lowest BCUT2D eigenvalue weighted by atomic mass is 9.82. The van der Waals surface area contributed by atoms with Crippen LogP contribution >= 0.6 is 0 Å². The maximum atomic E-state index is 14.6. The van der Waals surface area contributed by atoms with E-state index >= 15 is 0 Å². The minimum absolute atomic E-state index is 0.0276. The molecule has 1 aliphatic carbocycles. The van der Waals surface area contributed by atoms with Gasteiger partial charge in [0.2, 0.25) is 5.79 Å². The first-order chi connectivity index (χ1) is 30.1. The van der Waals surface area contributed by atoms with Gasteiger partial charge in [-0.25, -0.2) is 4.79 Å². The number of hydrogen-bond donors (Lipinski definition) is 3. The highest BCUT2D eigenvalue weighted by atomic mass is 16.7. The van der Waals surface area contributed by atoms with E-state index in [-0.39, 0.29) is 43.4 Å². The van der Waals surface area contributed by atoms with E-state index in [9.17, 15) is 29.7 Å². The molecule has 1 aromatic rings. The highest BCUT2D eigenvalue weighted by Crippen LogP contribution is 2.40. The van der Waals surface area contributed by atoms with Gasteiger partial charge in [-0.3, -0.25) is 9.59 Å². The zero-order chi connectivity index (χ0) is 45.6. The number of rotatable bonds is 7. The van der Waals surface area contributed by atoms with Crippen molar-refractivity contribution in [2.45, 2.75) is 166 Å². The number of fused-ring (bicyclic) bond motifs is 4. The van der Waals surface area contributed by atoms with Crippen molar-refractivity contribution in [1.29, 1.82) is 0 Å². The van der Waals surface area contributed by atoms with Crippen molar-refractivity contribution in [3.8, 4) is 0 Å². The second kappa shape index (κ2) is 21.6. The molecule has 5 aliphatic rings. The van der Waals surface area contributed by atoms with Crippen LogP contribution in [0.15, 0.2) is 71.1 Å². The van der Waals surface area contributed by atoms with Crippen LogP contribution in [0.2, 0.25) is 0 Å². The summed E-state index contributed by atoms with van der Waals surface area (Å²) < 4.78 is 30.3. The number of ether oxygens (including phenoxy) is 5. The molecule has 14 atom stereocenters. The maximum Gasteiger partial charge on any atom is 0.329 e. The van der Waals surface area contributed by atoms with Gasteiger partial charge in [0.05, 0.1) is 36.6 Å². The number of ketones is 1. The third-order valence-electron chi connectivity index (χ3n) is 14.4. The first-order valence-corrected chi connectivity index (χ1v) is 23.1. The molecule has 4 heterocycles. The second-order valence-corrected chi connectivity index (χ2v) is 19.0. The van der Waals surface area contributed by atoms with Crippen molar-refractivity contribution in [3.63, 3.8) is 0 Å². The maximum absolute atomic E-state index is 14.6. The number of carbonyl (C=O) groups is 3. The number of benzene rings is 1. The van der Waals surface area contributed by atoms with Crippen LogP contribution in [-0.2, 0) is 44.6 Å². The summed E-state index contributed by atoms with van der Waals surface area (Å²) in [5.41, 5.74) is 7.49. The van der Waals surface area contributed by atoms with Gasteiger partial charge < -0.3 is 48.8 Å². The van der Waals surface area contributed by atoms with Crippen LogP contribution in [0.3, 0.4) is 0 Å². The average Bonchev–Trinajstić information content (AvgIpc) is 3.63. The fourth-order valence-corrected chi connectivity index (χ4v) is 10.6. The lowest BCUT2D eigenvalue weighted by Crippen LogP contribution is -2.64. The fraction of sp³-hybridized carbons (Fsp3) is 0.680. The standard InChI is InChI=1S/C50H72N2O11/c1-30-22-31(2)24-43(60-7)46-44(61-8)26-33(4)50(58,63-46)47(55)48(56)52-20-13-12-16-38(52)49(57)62-45(32(3)25-36-17-18-40(53)42(27-36)59-6)34(5)41(54)28-39-37(23-30)19-21-51(39)29-35-14-10-9-11-15-35/h9-11,14-15,19,21,25,31,33-34,36,38-46,53-54,58H,12-13,16-18,20,22,24,26-29H2,1-8H3. The van der Waals surface area contributed by atoms with Gasteiger partial charge in [0.15, 0.2) is 0 Å². The van der Waals surface area contributed by atoms with Gasteiger partial charge in [-0.2, -0.15) is 0 Å². The quantitative estimate of drug-likeness (QED) is 0.131. The molecule has 0 radical (unpaired) electrons. The fourth-order valence-electron chi connectivity index (χ4n) is 10.6. The Labute approximate surface area is 374 Å². The molecule has 1 aromatic carbocycles. The molecular formula is C50H72N2O11. The van der Waals surface area contributed by atoms with E-state index in [0.29, 0.717) is 57.9 Å². The zero-order valence-corrected chi connectivity index (χ0v) is 38.6. The summed E-state index contributed by atoms with van der Waals surface area (Å²) in [7, 11) is 4.71. The minimum Gasteiger partial charge on any atom is -0.456 e. The van der Waals surface area contributed by atoms with Crippen molar-refractivity contribution >= 4 is 17.7 Å². The van der Waals surface area contributed by atoms with E-state index in [2.05, 4.69) is 48.0 Å². The molecule has 6 rings (SSSR count). The Morgan fingerprint density at radius 3 is 2.29 bits per heavy atom. The third kappa shape index (κ3) is 11.2. The molecule has 14 unspecified atom stereocenters. The number of carbonyl (C=O) groups excluding carboxylic acids is 3. The Bertz CT molecular complexity index is 1880. The lowest BCUT2D eigenvalue weighted by Gasteiger charge is -2.47. The third-order valence-corrected chi connectivity index (χ3v) is 14.4. The summed E-state index contributed by atoms with van der Waals surface area (Å²) in [6.45, 7) is 10.3. The first-order valence-electron chi connectivity index (χ1n) is 23.1. The summed E-state index contributed by atoms with van der Waals surface area (Å²) >= 11 is 0. The molecule has 1 amide bonds. The molecule has 3 fully saturated rings. The van der Waals surface area contributed by atoms with Crippen LogP contribution in [0.5, 0.6) is 0 Å². The summed E-state index contributed by atoms with van der Waals surface area (Å²) in [5, 5.41) is 35.0. The molecular weight excluding hydrogens is 805 g/mol. The smallest absolute Gasteiger partial charge is 0.329 e. The number of esters is 1.